The van der Waals surface area contributed by atoms with Crippen LogP contribution in [0.3, 0.4) is 0 Å². The molecule has 1 aliphatic rings. The van der Waals surface area contributed by atoms with Crippen LogP contribution in [0, 0.1) is 5.92 Å². The second-order valence-electron chi connectivity index (χ2n) is 7.70. The molecule has 1 aromatic heterocycles. The minimum absolute atomic E-state index is 0.225. The van der Waals surface area contributed by atoms with E-state index in [1.807, 2.05) is 42.0 Å². The number of anilines is 1. The zero-order valence-corrected chi connectivity index (χ0v) is 18.8. The molecule has 2 heterocycles. The van der Waals surface area contributed by atoms with E-state index in [2.05, 4.69) is 15.6 Å². The van der Waals surface area contributed by atoms with Gasteiger partial charge in [0.1, 0.15) is 12.1 Å². The Morgan fingerprint density at radius 1 is 1.23 bits per heavy atom. The van der Waals surface area contributed by atoms with Crippen molar-refractivity contribution in [1.29, 1.82) is 0 Å². The van der Waals surface area contributed by atoms with Gasteiger partial charge >= 0.3 is 12.0 Å². The molecule has 1 unspecified atom stereocenters. The number of nitrogens with one attached hydrogen (secondary N) is 2. The average Bonchev–Trinajstić information content (AvgIpc) is 3.33. The van der Waals surface area contributed by atoms with E-state index >= 15 is 0 Å². The normalized spacial score (nSPS) is 15.9. The zero-order chi connectivity index (χ0) is 22.5. The van der Waals surface area contributed by atoms with Gasteiger partial charge in [0.15, 0.2) is 0 Å². The highest BCUT2D eigenvalue weighted by Crippen LogP contribution is 2.27. The SMILES string of the molecule is CCC(C)[C@H](NC(=O)[C@H](CCSC)NC(=O)N1CCn2c1nc1ccccc12)C(=O)O. The van der Waals surface area contributed by atoms with E-state index in [1.165, 1.54) is 4.90 Å². The number of imidazole rings is 1. The Kier molecular flexibility index (Phi) is 7.42. The molecule has 0 radical (unpaired) electrons. The molecule has 0 fully saturated rings. The summed E-state index contributed by atoms with van der Waals surface area (Å²) in [7, 11) is 0. The number of rotatable bonds is 9. The van der Waals surface area contributed by atoms with Crippen LogP contribution in [-0.4, -0.2) is 63.2 Å². The summed E-state index contributed by atoms with van der Waals surface area (Å²) in [4.78, 5) is 43.6. The molecular weight excluding hydrogens is 418 g/mol. The number of amides is 3. The number of carbonyl (C=O) groups excluding carboxylic acids is 2. The van der Waals surface area contributed by atoms with Crippen LogP contribution in [0.5, 0.6) is 0 Å². The first-order valence-corrected chi connectivity index (χ1v) is 11.8. The number of hydrogen-bond acceptors (Lipinski definition) is 5. The van der Waals surface area contributed by atoms with E-state index in [9.17, 15) is 19.5 Å². The number of para-hydroxylation sites is 2. The number of carboxylic acid groups (broad SMARTS) is 1. The molecule has 0 aliphatic carbocycles. The lowest BCUT2D eigenvalue weighted by Gasteiger charge is -2.25. The van der Waals surface area contributed by atoms with Crippen LogP contribution < -0.4 is 15.5 Å². The van der Waals surface area contributed by atoms with Crippen molar-refractivity contribution < 1.29 is 19.5 Å². The Balaban J connectivity index is 1.74. The lowest BCUT2D eigenvalue weighted by molar-refractivity contribution is -0.143. The molecule has 3 N–H and O–H groups in total. The standard InChI is InChI=1S/C21H29N5O4S/c1-4-13(2)17(19(28)29)24-18(27)15(9-12-31-3)23-21(30)26-11-10-25-16-8-6-5-7-14(16)22-20(25)26/h5-8,13,15,17H,4,9-12H2,1-3H3,(H,23,30)(H,24,27)(H,28,29)/t13?,15-,17-/m0/s1. The summed E-state index contributed by atoms with van der Waals surface area (Å²) in [5, 5.41) is 14.9. The molecule has 3 rings (SSSR count). The predicted molar refractivity (Wildman–Crippen MR) is 121 cm³/mol. The number of aliphatic carboxylic acids is 1. The van der Waals surface area contributed by atoms with E-state index < -0.39 is 30.0 Å². The Morgan fingerprint density at radius 3 is 2.65 bits per heavy atom. The van der Waals surface area contributed by atoms with Gasteiger partial charge in [-0.15, -0.1) is 0 Å². The molecule has 31 heavy (non-hydrogen) atoms. The molecule has 0 saturated carbocycles. The first-order chi connectivity index (χ1) is 14.9. The third kappa shape index (κ3) is 4.95. The first-order valence-electron chi connectivity index (χ1n) is 10.4. The van der Waals surface area contributed by atoms with Crippen LogP contribution in [0.25, 0.3) is 11.0 Å². The molecule has 1 aromatic carbocycles. The van der Waals surface area contributed by atoms with E-state index in [0.717, 1.165) is 11.0 Å². The highest BCUT2D eigenvalue weighted by atomic mass is 32.2. The number of fused-ring (bicyclic) bond motifs is 3. The van der Waals surface area contributed by atoms with Crippen molar-refractivity contribution in [2.75, 3.05) is 23.5 Å². The quantitative estimate of drug-likeness (QED) is 0.543. The van der Waals surface area contributed by atoms with Gasteiger partial charge < -0.3 is 20.3 Å². The second kappa shape index (κ2) is 10.0. The number of benzene rings is 1. The maximum atomic E-state index is 13.0. The Bertz CT molecular complexity index is 962. The number of aromatic nitrogens is 2. The minimum atomic E-state index is -1.08. The predicted octanol–water partition coefficient (Wildman–Crippen LogP) is 2.30. The number of carbonyl (C=O) groups is 3. The third-order valence-electron chi connectivity index (χ3n) is 5.67. The van der Waals surface area contributed by atoms with Crippen molar-refractivity contribution >= 4 is 46.7 Å². The largest absolute Gasteiger partial charge is 0.480 e. The van der Waals surface area contributed by atoms with Crippen molar-refractivity contribution in [2.45, 2.75) is 45.3 Å². The summed E-state index contributed by atoms with van der Waals surface area (Å²) in [6.07, 6.45) is 2.93. The average molecular weight is 448 g/mol. The topological polar surface area (TPSA) is 117 Å². The molecule has 3 atom stereocenters. The Hall–Kier alpha value is -2.75. The lowest BCUT2D eigenvalue weighted by atomic mass is 9.99. The molecule has 10 heteroatoms. The van der Waals surface area contributed by atoms with E-state index in [1.54, 1.807) is 18.7 Å². The summed E-state index contributed by atoms with van der Waals surface area (Å²) in [5.41, 5.74) is 1.77. The number of urea groups is 1. The number of hydrogen-bond donors (Lipinski definition) is 3. The Labute approximate surface area is 185 Å². The van der Waals surface area contributed by atoms with Gasteiger partial charge in [-0.1, -0.05) is 32.4 Å². The van der Waals surface area contributed by atoms with E-state index in [-0.39, 0.29) is 5.92 Å². The summed E-state index contributed by atoms with van der Waals surface area (Å²) in [6, 6.07) is 5.44. The van der Waals surface area contributed by atoms with Crippen LogP contribution in [-0.2, 0) is 16.1 Å². The smallest absolute Gasteiger partial charge is 0.326 e. The summed E-state index contributed by atoms with van der Waals surface area (Å²) in [5.74, 6) is -0.589. The van der Waals surface area contributed by atoms with Crippen LogP contribution in [0.1, 0.15) is 26.7 Å². The fourth-order valence-corrected chi connectivity index (χ4v) is 4.12. The summed E-state index contributed by atoms with van der Waals surface area (Å²) < 4.78 is 1.98. The number of thioether (sulfide) groups is 1. The second-order valence-corrected chi connectivity index (χ2v) is 8.68. The van der Waals surface area contributed by atoms with Crippen LogP contribution in [0.4, 0.5) is 10.7 Å². The molecular formula is C21H29N5O4S. The molecule has 0 spiro atoms. The number of carboxylic acids is 1. The summed E-state index contributed by atoms with van der Waals surface area (Å²) >= 11 is 1.56. The van der Waals surface area contributed by atoms with E-state index in [4.69, 9.17) is 0 Å². The van der Waals surface area contributed by atoms with Gasteiger partial charge in [-0.25, -0.2) is 14.6 Å². The molecule has 2 aromatic rings. The van der Waals surface area contributed by atoms with Crippen LogP contribution >= 0.6 is 11.8 Å². The molecule has 168 valence electrons. The van der Waals surface area contributed by atoms with Gasteiger partial charge in [-0.3, -0.25) is 9.69 Å². The van der Waals surface area contributed by atoms with Gasteiger partial charge in [0.05, 0.1) is 11.0 Å². The lowest BCUT2D eigenvalue weighted by Crippen LogP contribution is -2.55. The fourth-order valence-electron chi connectivity index (χ4n) is 3.65. The zero-order valence-electron chi connectivity index (χ0n) is 18.0. The van der Waals surface area contributed by atoms with Gasteiger partial charge in [-0.2, -0.15) is 11.8 Å². The molecule has 0 saturated heterocycles. The van der Waals surface area contributed by atoms with Crippen molar-refractivity contribution in [2.24, 2.45) is 5.92 Å². The third-order valence-corrected chi connectivity index (χ3v) is 6.31. The molecule has 3 amide bonds. The van der Waals surface area contributed by atoms with Crippen LogP contribution in [0.2, 0.25) is 0 Å². The maximum Gasteiger partial charge on any atom is 0.326 e. The van der Waals surface area contributed by atoms with Gasteiger partial charge in [0.25, 0.3) is 0 Å². The first kappa shape index (κ1) is 22.9. The molecule has 1 aliphatic heterocycles. The van der Waals surface area contributed by atoms with Gasteiger partial charge in [0.2, 0.25) is 11.9 Å². The molecule has 9 nitrogen and oxygen atoms in total. The van der Waals surface area contributed by atoms with Gasteiger partial charge in [0, 0.05) is 13.1 Å². The fraction of sp³-hybridized carbons (Fsp3) is 0.524. The highest BCUT2D eigenvalue weighted by molar-refractivity contribution is 7.98. The van der Waals surface area contributed by atoms with Crippen molar-refractivity contribution in [3.63, 3.8) is 0 Å². The molecule has 0 bridgehead atoms. The van der Waals surface area contributed by atoms with Gasteiger partial charge in [-0.05, 0) is 36.5 Å². The minimum Gasteiger partial charge on any atom is -0.480 e. The highest BCUT2D eigenvalue weighted by Gasteiger charge is 2.33. The monoisotopic (exact) mass is 447 g/mol. The van der Waals surface area contributed by atoms with Crippen molar-refractivity contribution in [1.82, 2.24) is 20.2 Å². The number of nitrogens with zero attached hydrogens (tertiary/aromatic N) is 3. The maximum absolute atomic E-state index is 13.0. The van der Waals surface area contributed by atoms with Crippen molar-refractivity contribution in [3.8, 4) is 0 Å². The van der Waals surface area contributed by atoms with Crippen molar-refractivity contribution in [3.05, 3.63) is 24.3 Å². The van der Waals surface area contributed by atoms with E-state index in [0.29, 0.717) is 37.6 Å². The Morgan fingerprint density at radius 2 is 1.97 bits per heavy atom. The summed E-state index contributed by atoms with van der Waals surface area (Å²) in [6.45, 7) is 4.74. The van der Waals surface area contributed by atoms with Crippen LogP contribution in [0.15, 0.2) is 24.3 Å².